The minimum atomic E-state index is 0.685. The van der Waals surface area contributed by atoms with Gasteiger partial charge in [0.25, 0.3) is 0 Å². The topological polar surface area (TPSA) is 17.1 Å². The number of carbonyl (C=O) groups excluding carboxylic acids is 1. The fourth-order valence-corrected chi connectivity index (χ4v) is 7.88. The van der Waals surface area contributed by atoms with Crippen molar-refractivity contribution in [2.75, 3.05) is 0 Å². The Morgan fingerprint density at radius 1 is 0.378 bits per heavy atom. The molecule has 8 aromatic rings. The first-order valence-electron chi connectivity index (χ1n) is 15.1. The Bertz CT molecular complexity index is 2280. The molecule has 1 aromatic heterocycles. The van der Waals surface area contributed by atoms with E-state index in [1.54, 1.807) is 0 Å². The van der Waals surface area contributed by atoms with E-state index >= 15 is 0 Å². The molecule has 0 aliphatic heterocycles. The van der Waals surface area contributed by atoms with Crippen molar-refractivity contribution in [2.45, 2.75) is 0 Å². The number of aldehydes is 1. The van der Waals surface area contributed by atoms with Gasteiger partial charge in [-0.05, 0) is 49.7 Å². The zero-order valence-electron chi connectivity index (χ0n) is 24.5. The van der Waals surface area contributed by atoms with E-state index in [0.29, 0.717) is 5.56 Å². The molecule has 0 unspecified atom stereocenters. The van der Waals surface area contributed by atoms with Gasteiger partial charge in [-0.3, -0.25) is 4.79 Å². The number of hydrogen-bond donors (Lipinski definition) is 0. The first-order chi connectivity index (χ1) is 22.3. The smallest absolute Gasteiger partial charge is 0.150 e. The molecule has 0 N–H and O–H groups in total. The Morgan fingerprint density at radius 2 is 0.822 bits per heavy atom. The summed E-state index contributed by atoms with van der Waals surface area (Å²) >= 11 is 1.88. The summed E-state index contributed by atoms with van der Waals surface area (Å²) < 4.78 is 1.29. The molecule has 0 bridgehead atoms. The molecular formula is C43H28OS. The van der Waals surface area contributed by atoms with Gasteiger partial charge in [0.05, 0.1) is 0 Å². The minimum Gasteiger partial charge on any atom is -0.298 e. The summed E-state index contributed by atoms with van der Waals surface area (Å²) in [6, 6.07) is 58.0. The molecule has 0 radical (unpaired) electrons. The van der Waals surface area contributed by atoms with Gasteiger partial charge in [0, 0.05) is 31.7 Å². The first-order valence-corrected chi connectivity index (χ1v) is 16.0. The van der Waals surface area contributed by atoms with Crippen LogP contribution in [0.1, 0.15) is 10.4 Å². The van der Waals surface area contributed by atoms with Crippen LogP contribution in [-0.2, 0) is 0 Å². The lowest BCUT2D eigenvalue weighted by Crippen LogP contribution is -1.90. The average molecular weight is 593 g/mol. The molecule has 0 amide bonds. The van der Waals surface area contributed by atoms with Crippen LogP contribution in [0.3, 0.4) is 0 Å². The monoisotopic (exact) mass is 592 g/mol. The van der Waals surface area contributed by atoms with Crippen LogP contribution in [0.4, 0.5) is 0 Å². The van der Waals surface area contributed by atoms with Crippen LogP contribution in [0.5, 0.6) is 0 Å². The van der Waals surface area contributed by atoms with Crippen molar-refractivity contribution < 1.29 is 4.79 Å². The number of thiophene rings is 1. The molecule has 8 rings (SSSR count). The van der Waals surface area contributed by atoms with E-state index < -0.39 is 0 Å². The molecule has 212 valence electrons. The maximum atomic E-state index is 11.2. The van der Waals surface area contributed by atoms with Crippen molar-refractivity contribution in [3.8, 4) is 54.9 Å². The molecule has 0 saturated heterocycles. The highest BCUT2D eigenvalue weighted by atomic mass is 32.1. The SMILES string of the molecule is O=Cc1ccc(-c2ccc(-c3sc4c(-c5ccccc5)c(-c5ccccc5)c5ccccc5c4c3-c3ccccc3)cc2)cc1. The fourth-order valence-electron chi connectivity index (χ4n) is 6.47. The second kappa shape index (κ2) is 11.5. The molecule has 45 heavy (non-hydrogen) atoms. The van der Waals surface area contributed by atoms with E-state index in [2.05, 4.69) is 140 Å². The standard InChI is InChI=1S/C43H28OS/c44-28-29-20-22-30(23-21-29)31-24-26-35(27-25-31)42-40(34-16-8-3-9-17-34)41-37-19-11-10-18-36(37)38(32-12-4-1-5-13-32)39(43(41)45-42)33-14-6-2-7-15-33/h1-28H. The van der Waals surface area contributed by atoms with Crippen LogP contribution in [0.2, 0.25) is 0 Å². The number of carbonyl (C=O) groups is 1. The van der Waals surface area contributed by atoms with Gasteiger partial charge in [-0.15, -0.1) is 11.3 Å². The molecule has 1 nitrogen and oxygen atoms in total. The molecule has 2 heteroatoms. The van der Waals surface area contributed by atoms with Crippen LogP contribution in [0, 0.1) is 0 Å². The van der Waals surface area contributed by atoms with Crippen LogP contribution < -0.4 is 0 Å². The van der Waals surface area contributed by atoms with E-state index in [4.69, 9.17) is 0 Å². The van der Waals surface area contributed by atoms with E-state index in [1.165, 1.54) is 64.7 Å². The molecule has 0 spiro atoms. The lowest BCUT2D eigenvalue weighted by atomic mass is 9.86. The summed E-state index contributed by atoms with van der Waals surface area (Å²) in [5.74, 6) is 0. The molecule has 0 aliphatic rings. The molecule has 7 aromatic carbocycles. The van der Waals surface area contributed by atoms with Crippen molar-refractivity contribution >= 4 is 38.5 Å². The predicted octanol–water partition coefficient (Wildman–Crippen LogP) is 12.2. The van der Waals surface area contributed by atoms with Gasteiger partial charge in [0.2, 0.25) is 0 Å². The molecular weight excluding hydrogens is 565 g/mol. The second-order valence-corrected chi connectivity index (χ2v) is 12.2. The normalized spacial score (nSPS) is 11.2. The van der Waals surface area contributed by atoms with Crippen LogP contribution in [0.15, 0.2) is 164 Å². The Kier molecular flexibility index (Phi) is 6.90. The molecule has 0 atom stereocenters. The number of fused-ring (bicyclic) bond motifs is 3. The maximum Gasteiger partial charge on any atom is 0.150 e. The number of benzene rings is 7. The first kappa shape index (κ1) is 27.0. The lowest BCUT2D eigenvalue weighted by Gasteiger charge is -2.17. The highest BCUT2D eigenvalue weighted by Crippen LogP contribution is 2.54. The van der Waals surface area contributed by atoms with Crippen molar-refractivity contribution in [3.05, 3.63) is 169 Å². The average Bonchev–Trinajstić information content (AvgIpc) is 3.53. The molecule has 0 fully saturated rings. The van der Waals surface area contributed by atoms with Gasteiger partial charge in [-0.1, -0.05) is 164 Å². The summed E-state index contributed by atoms with van der Waals surface area (Å²) in [6.07, 6.45) is 0.885. The quantitative estimate of drug-likeness (QED) is 0.176. The van der Waals surface area contributed by atoms with Gasteiger partial charge in [0.1, 0.15) is 6.29 Å². The molecule has 1 heterocycles. The molecule has 0 saturated carbocycles. The third-order valence-electron chi connectivity index (χ3n) is 8.57. The van der Waals surface area contributed by atoms with Gasteiger partial charge in [-0.2, -0.15) is 0 Å². The summed E-state index contributed by atoms with van der Waals surface area (Å²) in [5.41, 5.74) is 11.6. The van der Waals surface area contributed by atoms with Gasteiger partial charge >= 0.3 is 0 Å². The van der Waals surface area contributed by atoms with Crippen LogP contribution >= 0.6 is 11.3 Å². The van der Waals surface area contributed by atoms with Crippen molar-refractivity contribution in [1.29, 1.82) is 0 Å². The predicted molar refractivity (Wildman–Crippen MR) is 192 cm³/mol. The van der Waals surface area contributed by atoms with Crippen molar-refractivity contribution in [1.82, 2.24) is 0 Å². The maximum absolute atomic E-state index is 11.2. The van der Waals surface area contributed by atoms with Crippen molar-refractivity contribution in [3.63, 3.8) is 0 Å². The fraction of sp³-hybridized carbons (Fsp3) is 0. The highest BCUT2D eigenvalue weighted by Gasteiger charge is 2.24. The summed E-state index contributed by atoms with van der Waals surface area (Å²) in [6.45, 7) is 0. The zero-order valence-corrected chi connectivity index (χ0v) is 25.3. The second-order valence-electron chi connectivity index (χ2n) is 11.2. The van der Waals surface area contributed by atoms with Gasteiger partial charge in [-0.25, -0.2) is 0 Å². The van der Waals surface area contributed by atoms with Gasteiger partial charge < -0.3 is 0 Å². The van der Waals surface area contributed by atoms with E-state index in [0.717, 1.165) is 17.4 Å². The van der Waals surface area contributed by atoms with Crippen LogP contribution in [-0.4, -0.2) is 6.29 Å². The van der Waals surface area contributed by atoms with Crippen molar-refractivity contribution in [2.24, 2.45) is 0 Å². The Labute approximate surface area is 266 Å². The Hall–Kier alpha value is -5.57. The largest absolute Gasteiger partial charge is 0.298 e. The Morgan fingerprint density at radius 3 is 1.38 bits per heavy atom. The third-order valence-corrected chi connectivity index (χ3v) is 9.82. The highest BCUT2D eigenvalue weighted by molar-refractivity contribution is 7.24. The summed E-state index contributed by atoms with van der Waals surface area (Å²) in [5, 5.41) is 3.81. The van der Waals surface area contributed by atoms with E-state index in [9.17, 15) is 4.79 Å². The minimum absolute atomic E-state index is 0.685. The van der Waals surface area contributed by atoms with Crippen LogP contribution in [0.25, 0.3) is 75.8 Å². The van der Waals surface area contributed by atoms with Gasteiger partial charge in [0.15, 0.2) is 0 Å². The van der Waals surface area contributed by atoms with E-state index in [1.807, 2.05) is 35.6 Å². The van der Waals surface area contributed by atoms with E-state index in [-0.39, 0.29) is 0 Å². The third kappa shape index (κ3) is 4.77. The number of rotatable bonds is 6. The molecule has 0 aliphatic carbocycles. The number of hydrogen-bond acceptors (Lipinski definition) is 2. The zero-order chi connectivity index (χ0) is 30.2. The lowest BCUT2D eigenvalue weighted by molar-refractivity contribution is 0.112. The summed E-state index contributed by atoms with van der Waals surface area (Å²) in [4.78, 5) is 12.4. The summed E-state index contributed by atoms with van der Waals surface area (Å²) in [7, 11) is 0. The Balaban J connectivity index is 1.46.